The average molecular weight is 425 g/mol. The first-order valence-electron chi connectivity index (χ1n) is 10.4. The van der Waals surface area contributed by atoms with Crippen molar-refractivity contribution in [3.05, 3.63) is 78.4 Å². The maximum Gasteiger partial charge on any atom is 0.408 e. The average Bonchev–Trinajstić information content (AvgIpc) is 2.72. The normalized spacial score (nSPS) is 11.8. The lowest BCUT2D eigenvalue weighted by Gasteiger charge is -2.23. The summed E-state index contributed by atoms with van der Waals surface area (Å²) < 4.78 is 11.1. The van der Waals surface area contributed by atoms with Crippen LogP contribution in [-0.4, -0.2) is 30.2 Å². The lowest BCUT2D eigenvalue weighted by molar-refractivity contribution is -0.123. The van der Waals surface area contributed by atoms with Crippen LogP contribution in [0.1, 0.15) is 38.3 Å². The lowest BCUT2D eigenvalue weighted by atomic mass is 10.0. The number of carbonyl (C=O) groups is 2. The maximum atomic E-state index is 12.6. The summed E-state index contributed by atoms with van der Waals surface area (Å²) in [6.07, 6.45) is 2.08. The van der Waals surface area contributed by atoms with Crippen LogP contribution in [0.5, 0.6) is 5.75 Å². The molecule has 0 spiro atoms. The van der Waals surface area contributed by atoms with Gasteiger partial charge in [-0.3, -0.25) is 4.79 Å². The van der Waals surface area contributed by atoms with Crippen LogP contribution in [-0.2, 0) is 22.6 Å². The summed E-state index contributed by atoms with van der Waals surface area (Å²) in [5.41, 5.74) is 1.34. The highest BCUT2D eigenvalue weighted by molar-refractivity contribution is 5.86. The third-order valence-corrected chi connectivity index (χ3v) is 4.27. The predicted molar refractivity (Wildman–Crippen MR) is 122 cm³/mol. The molecule has 0 aromatic heterocycles. The molecule has 31 heavy (non-hydrogen) atoms. The summed E-state index contributed by atoms with van der Waals surface area (Å²) >= 11 is 0. The van der Waals surface area contributed by atoms with Crippen LogP contribution in [0.4, 0.5) is 4.79 Å². The van der Waals surface area contributed by atoms with E-state index in [0.717, 1.165) is 16.9 Å². The first kappa shape index (κ1) is 24.0. The SMILES string of the molecule is C=CCCNC(=O)[C@H](Cc1ccc(OCc2ccccc2)cc1)NC(=O)OC(C)(C)C. The second-order valence-corrected chi connectivity index (χ2v) is 8.19. The molecule has 0 fully saturated rings. The summed E-state index contributed by atoms with van der Waals surface area (Å²) in [5.74, 6) is 0.469. The van der Waals surface area contributed by atoms with E-state index in [4.69, 9.17) is 9.47 Å². The molecular weight excluding hydrogens is 392 g/mol. The van der Waals surface area contributed by atoms with E-state index < -0.39 is 17.7 Å². The zero-order valence-electron chi connectivity index (χ0n) is 18.5. The molecule has 0 heterocycles. The van der Waals surface area contributed by atoms with Gasteiger partial charge in [0.15, 0.2) is 0 Å². The molecule has 2 rings (SSSR count). The highest BCUT2D eigenvalue weighted by atomic mass is 16.6. The number of nitrogens with one attached hydrogen (secondary N) is 2. The van der Waals surface area contributed by atoms with Crippen molar-refractivity contribution in [2.75, 3.05) is 6.54 Å². The van der Waals surface area contributed by atoms with Gasteiger partial charge in [0.2, 0.25) is 5.91 Å². The van der Waals surface area contributed by atoms with Gasteiger partial charge in [-0.2, -0.15) is 0 Å². The number of hydrogen-bond acceptors (Lipinski definition) is 4. The Labute approximate surface area is 184 Å². The van der Waals surface area contributed by atoms with E-state index in [1.54, 1.807) is 26.8 Å². The van der Waals surface area contributed by atoms with Gasteiger partial charge in [-0.1, -0.05) is 48.5 Å². The van der Waals surface area contributed by atoms with E-state index in [1.165, 1.54) is 0 Å². The fourth-order valence-electron chi connectivity index (χ4n) is 2.78. The Balaban J connectivity index is 1.99. The minimum atomic E-state index is -0.754. The fourth-order valence-corrected chi connectivity index (χ4v) is 2.78. The molecule has 0 bridgehead atoms. The third kappa shape index (κ3) is 9.38. The molecule has 6 nitrogen and oxygen atoms in total. The van der Waals surface area contributed by atoms with Gasteiger partial charge in [-0.15, -0.1) is 6.58 Å². The van der Waals surface area contributed by atoms with Gasteiger partial charge in [-0.25, -0.2) is 4.79 Å². The van der Waals surface area contributed by atoms with Crippen molar-refractivity contribution in [3.8, 4) is 5.75 Å². The molecule has 0 aliphatic rings. The van der Waals surface area contributed by atoms with Gasteiger partial charge in [0.1, 0.15) is 24.0 Å². The number of alkyl carbamates (subject to hydrolysis) is 1. The van der Waals surface area contributed by atoms with Crippen LogP contribution in [0.3, 0.4) is 0 Å². The van der Waals surface area contributed by atoms with Crippen LogP contribution >= 0.6 is 0 Å². The monoisotopic (exact) mass is 424 g/mol. The quantitative estimate of drug-likeness (QED) is 0.438. The molecule has 0 radical (unpaired) electrons. The maximum absolute atomic E-state index is 12.6. The Morgan fingerprint density at radius 2 is 1.71 bits per heavy atom. The van der Waals surface area contributed by atoms with Gasteiger partial charge in [0, 0.05) is 13.0 Å². The fraction of sp³-hybridized carbons (Fsp3) is 0.360. The Bertz CT molecular complexity index is 842. The van der Waals surface area contributed by atoms with Gasteiger partial charge in [0.05, 0.1) is 0 Å². The van der Waals surface area contributed by atoms with Crippen LogP contribution in [0.15, 0.2) is 67.3 Å². The molecule has 0 saturated heterocycles. The summed E-state index contributed by atoms with van der Waals surface area (Å²) in [7, 11) is 0. The zero-order valence-corrected chi connectivity index (χ0v) is 18.5. The Hall–Kier alpha value is -3.28. The second-order valence-electron chi connectivity index (χ2n) is 8.19. The number of amides is 2. The molecule has 2 N–H and O–H groups in total. The molecule has 0 saturated carbocycles. The van der Waals surface area contributed by atoms with E-state index in [0.29, 0.717) is 26.0 Å². The smallest absolute Gasteiger partial charge is 0.408 e. The standard InChI is InChI=1S/C25H32N2O4/c1-5-6-16-26-23(28)22(27-24(29)31-25(2,3)4)17-19-12-14-21(15-13-19)30-18-20-10-8-7-9-11-20/h5,7-15,22H,1,6,16-18H2,2-4H3,(H,26,28)(H,27,29)/t22-/m0/s1. The molecular formula is C25H32N2O4. The first-order valence-corrected chi connectivity index (χ1v) is 10.4. The van der Waals surface area contributed by atoms with E-state index >= 15 is 0 Å². The topological polar surface area (TPSA) is 76.7 Å². The molecule has 1 atom stereocenters. The zero-order chi connectivity index (χ0) is 22.7. The minimum absolute atomic E-state index is 0.267. The van der Waals surface area contributed by atoms with Gasteiger partial charge < -0.3 is 20.1 Å². The molecule has 166 valence electrons. The van der Waals surface area contributed by atoms with Crippen molar-refractivity contribution in [2.45, 2.75) is 51.9 Å². The summed E-state index contributed by atoms with van der Waals surface area (Å²) in [4.78, 5) is 24.8. The summed E-state index contributed by atoms with van der Waals surface area (Å²) in [6, 6.07) is 16.7. The lowest BCUT2D eigenvalue weighted by Crippen LogP contribution is -2.49. The summed E-state index contributed by atoms with van der Waals surface area (Å²) in [5, 5.41) is 5.50. The number of benzene rings is 2. The van der Waals surface area contributed by atoms with Crippen molar-refractivity contribution in [1.82, 2.24) is 10.6 Å². The van der Waals surface area contributed by atoms with Crippen LogP contribution in [0.2, 0.25) is 0 Å². The molecule has 0 aliphatic carbocycles. The first-order chi connectivity index (χ1) is 14.8. The van der Waals surface area contributed by atoms with Gasteiger partial charge in [-0.05, 0) is 50.5 Å². The molecule has 6 heteroatoms. The minimum Gasteiger partial charge on any atom is -0.489 e. The van der Waals surface area contributed by atoms with E-state index in [-0.39, 0.29) is 5.91 Å². The third-order valence-electron chi connectivity index (χ3n) is 4.27. The molecule has 0 aliphatic heterocycles. The van der Waals surface area contributed by atoms with E-state index in [9.17, 15) is 9.59 Å². The summed E-state index contributed by atoms with van der Waals surface area (Å²) in [6.45, 7) is 9.92. The van der Waals surface area contributed by atoms with Crippen LogP contribution < -0.4 is 15.4 Å². The highest BCUT2D eigenvalue weighted by Gasteiger charge is 2.24. The molecule has 2 aromatic rings. The van der Waals surface area contributed by atoms with Gasteiger partial charge >= 0.3 is 6.09 Å². The highest BCUT2D eigenvalue weighted by Crippen LogP contribution is 2.16. The predicted octanol–water partition coefficient (Wildman–Crippen LogP) is 4.39. The Morgan fingerprint density at radius 1 is 1.03 bits per heavy atom. The van der Waals surface area contributed by atoms with E-state index in [2.05, 4.69) is 17.2 Å². The van der Waals surface area contributed by atoms with Crippen molar-refractivity contribution in [2.24, 2.45) is 0 Å². The van der Waals surface area contributed by atoms with Gasteiger partial charge in [0.25, 0.3) is 0 Å². The molecule has 2 amide bonds. The van der Waals surface area contributed by atoms with Crippen LogP contribution in [0.25, 0.3) is 0 Å². The number of ether oxygens (including phenoxy) is 2. The second kappa shape index (κ2) is 11.8. The number of rotatable bonds is 10. The Morgan fingerprint density at radius 3 is 2.32 bits per heavy atom. The van der Waals surface area contributed by atoms with E-state index in [1.807, 2.05) is 54.6 Å². The number of carbonyl (C=O) groups excluding carboxylic acids is 2. The van der Waals surface area contributed by atoms with Crippen LogP contribution in [0, 0.1) is 0 Å². The van der Waals surface area contributed by atoms with Crippen molar-refractivity contribution in [1.29, 1.82) is 0 Å². The van der Waals surface area contributed by atoms with Crippen molar-refractivity contribution >= 4 is 12.0 Å². The van der Waals surface area contributed by atoms with Crippen molar-refractivity contribution in [3.63, 3.8) is 0 Å². The van der Waals surface area contributed by atoms with Crippen molar-refractivity contribution < 1.29 is 19.1 Å². The molecule has 0 unspecified atom stereocenters. The Kier molecular flexibility index (Phi) is 9.13. The largest absolute Gasteiger partial charge is 0.489 e. The number of hydrogen-bond donors (Lipinski definition) is 2. The molecule has 2 aromatic carbocycles.